The second-order valence-corrected chi connectivity index (χ2v) is 7.86. The number of anilines is 2. The Hall–Kier alpha value is -3.32. The van der Waals surface area contributed by atoms with E-state index < -0.39 is 0 Å². The van der Waals surface area contributed by atoms with E-state index in [1.807, 2.05) is 19.1 Å². The molecule has 0 bridgehead atoms. The quantitative estimate of drug-likeness (QED) is 0.540. The first kappa shape index (κ1) is 23.3. The standard InChI is InChI=1S/C22H23FN4O.C3H6O/c1-27-10-4-6-16(14-27)22-25-20(15-5-2-9-19(28)11-15)13-21(26-22)24-18-8-3-7-17(23)12-18;1-2-3-4/h2-3,5,7-9,11-13,16,28H,4,6,10,14H2,1H3,(H,24,25,26);3H,2H2,1H3. The first-order chi connectivity index (χ1) is 15.5. The molecule has 1 aliphatic heterocycles. The van der Waals surface area contributed by atoms with E-state index in [4.69, 9.17) is 9.97 Å². The van der Waals surface area contributed by atoms with Crippen molar-refractivity contribution in [3.8, 4) is 17.0 Å². The van der Waals surface area contributed by atoms with Gasteiger partial charge in [0, 0.05) is 36.2 Å². The molecule has 0 aliphatic carbocycles. The lowest BCUT2D eigenvalue weighted by molar-refractivity contribution is -0.107. The van der Waals surface area contributed by atoms with Gasteiger partial charge >= 0.3 is 0 Å². The van der Waals surface area contributed by atoms with E-state index in [1.165, 1.54) is 12.1 Å². The maximum Gasteiger partial charge on any atom is 0.135 e. The SMILES string of the molecule is CCC=O.CN1CCCC(c2nc(Nc3cccc(F)c3)cc(-c3cccc(O)c3)n2)C1. The maximum atomic E-state index is 13.6. The molecule has 32 heavy (non-hydrogen) atoms. The van der Waals surface area contributed by atoms with E-state index in [9.17, 15) is 14.3 Å². The number of halogens is 1. The summed E-state index contributed by atoms with van der Waals surface area (Å²) < 4.78 is 13.6. The lowest BCUT2D eigenvalue weighted by Crippen LogP contribution is -2.31. The Morgan fingerprint density at radius 1 is 1.19 bits per heavy atom. The summed E-state index contributed by atoms with van der Waals surface area (Å²) in [5.41, 5.74) is 2.18. The summed E-state index contributed by atoms with van der Waals surface area (Å²) in [7, 11) is 2.11. The molecule has 6 nitrogen and oxygen atoms in total. The van der Waals surface area contributed by atoms with Gasteiger partial charge in [0.15, 0.2) is 0 Å². The summed E-state index contributed by atoms with van der Waals surface area (Å²) in [5.74, 6) is 1.51. The van der Waals surface area contributed by atoms with Gasteiger partial charge in [0.05, 0.1) is 5.69 Å². The zero-order chi connectivity index (χ0) is 22.9. The number of phenolic OH excluding ortho intramolecular Hbond substituents is 1. The van der Waals surface area contributed by atoms with Crippen LogP contribution in [0.1, 0.15) is 37.9 Å². The molecule has 1 unspecified atom stereocenters. The van der Waals surface area contributed by atoms with Gasteiger partial charge in [-0.3, -0.25) is 0 Å². The van der Waals surface area contributed by atoms with Gasteiger partial charge < -0.3 is 20.1 Å². The van der Waals surface area contributed by atoms with Crippen molar-refractivity contribution in [2.75, 3.05) is 25.5 Å². The molecule has 2 N–H and O–H groups in total. The van der Waals surface area contributed by atoms with Crippen molar-refractivity contribution in [2.24, 2.45) is 0 Å². The number of likely N-dealkylation sites (tertiary alicyclic amines) is 1. The zero-order valence-corrected chi connectivity index (χ0v) is 18.5. The number of hydrogen-bond donors (Lipinski definition) is 2. The summed E-state index contributed by atoms with van der Waals surface area (Å²) in [5, 5.41) is 13.0. The number of aromatic hydroxyl groups is 1. The molecule has 0 amide bonds. The van der Waals surface area contributed by atoms with Crippen LogP contribution in [0, 0.1) is 5.82 Å². The maximum absolute atomic E-state index is 13.6. The molecule has 0 spiro atoms. The monoisotopic (exact) mass is 436 g/mol. The summed E-state index contributed by atoms with van der Waals surface area (Å²) in [6, 6.07) is 15.1. The number of nitrogens with one attached hydrogen (secondary N) is 1. The average molecular weight is 437 g/mol. The van der Waals surface area contributed by atoms with Crippen LogP contribution < -0.4 is 5.32 Å². The Balaban J connectivity index is 0.000000668. The number of carbonyl (C=O) groups excluding carboxylic acids is 1. The van der Waals surface area contributed by atoms with Gasteiger partial charge in [-0.2, -0.15) is 0 Å². The number of benzene rings is 2. The van der Waals surface area contributed by atoms with Gasteiger partial charge in [-0.05, 0) is 56.8 Å². The Morgan fingerprint density at radius 2 is 1.97 bits per heavy atom. The van der Waals surface area contributed by atoms with Gasteiger partial charge in [0.25, 0.3) is 0 Å². The minimum absolute atomic E-state index is 0.190. The Bertz CT molecular complexity index is 1040. The molecule has 0 radical (unpaired) electrons. The van der Waals surface area contributed by atoms with E-state index in [-0.39, 0.29) is 17.5 Å². The molecular weight excluding hydrogens is 407 g/mol. The van der Waals surface area contributed by atoms with E-state index >= 15 is 0 Å². The van der Waals surface area contributed by atoms with E-state index in [0.717, 1.165) is 49.3 Å². The van der Waals surface area contributed by atoms with Crippen LogP contribution in [-0.2, 0) is 4.79 Å². The highest BCUT2D eigenvalue weighted by atomic mass is 19.1. The summed E-state index contributed by atoms with van der Waals surface area (Å²) >= 11 is 0. The molecule has 168 valence electrons. The normalized spacial score (nSPS) is 16.0. The highest BCUT2D eigenvalue weighted by Gasteiger charge is 2.22. The van der Waals surface area contributed by atoms with Crippen molar-refractivity contribution in [2.45, 2.75) is 32.1 Å². The molecule has 1 atom stereocenters. The Morgan fingerprint density at radius 3 is 2.66 bits per heavy atom. The van der Waals surface area contributed by atoms with Crippen molar-refractivity contribution in [3.63, 3.8) is 0 Å². The first-order valence-electron chi connectivity index (χ1n) is 10.8. The molecule has 1 saturated heterocycles. The topological polar surface area (TPSA) is 78.4 Å². The van der Waals surface area contributed by atoms with Crippen LogP contribution >= 0.6 is 0 Å². The van der Waals surface area contributed by atoms with Gasteiger partial charge in [-0.25, -0.2) is 14.4 Å². The third-order valence-electron chi connectivity index (χ3n) is 5.14. The van der Waals surface area contributed by atoms with Gasteiger partial charge in [0.1, 0.15) is 29.5 Å². The molecule has 2 heterocycles. The third kappa shape index (κ3) is 6.59. The van der Waals surface area contributed by atoms with Crippen molar-refractivity contribution in [1.29, 1.82) is 0 Å². The predicted molar refractivity (Wildman–Crippen MR) is 125 cm³/mol. The molecule has 3 aromatic rings. The highest BCUT2D eigenvalue weighted by molar-refractivity contribution is 5.66. The van der Waals surface area contributed by atoms with Crippen LogP contribution in [0.5, 0.6) is 5.75 Å². The smallest absolute Gasteiger partial charge is 0.135 e. The number of likely N-dealkylation sites (N-methyl/N-ethyl adjacent to an activating group) is 1. The van der Waals surface area contributed by atoms with E-state index in [2.05, 4.69) is 17.3 Å². The van der Waals surface area contributed by atoms with Crippen LogP contribution in [0.2, 0.25) is 0 Å². The molecule has 2 aromatic carbocycles. The molecule has 4 rings (SSSR count). The molecular formula is C25H29FN4O2. The second kappa shape index (κ2) is 11.3. The second-order valence-electron chi connectivity index (χ2n) is 7.86. The fraction of sp³-hybridized carbons (Fsp3) is 0.320. The largest absolute Gasteiger partial charge is 0.508 e. The summed E-state index contributed by atoms with van der Waals surface area (Å²) in [6.45, 7) is 3.80. The van der Waals surface area contributed by atoms with Crippen LogP contribution in [0.15, 0.2) is 54.6 Å². The number of phenols is 1. The molecule has 1 aromatic heterocycles. The van der Waals surface area contributed by atoms with Gasteiger partial charge in [-0.1, -0.05) is 25.1 Å². The number of hydrogen-bond acceptors (Lipinski definition) is 6. The van der Waals surface area contributed by atoms with Crippen molar-refractivity contribution >= 4 is 17.8 Å². The van der Waals surface area contributed by atoms with Gasteiger partial charge in [0.2, 0.25) is 0 Å². The van der Waals surface area contributed by atoms with Crippen molar-refractivity contribution in [3.05, 3.63) is 66.2 Å². The number of rotatable bonds is 5. The van der Waals surface area contributed by atoms with Gasteiger partial charge in [-0.15, -0.1) is 0 Å². The Labute approximate surface area is 188 Å². The molecule has 1 aliphatic rings. The zero-order valence-electron chi connectivity index (χ0n) is 18.5. The summed E-state index contributed by atoms with van der Waals surface area (Å²) in [4.78, 5) is 21.0. The van der Waals surface area contributed by atoms with Crippen LogP contribution in [0.25, 0.3) is 11.3 Å². The van der Waals surface area contributed by atoms with Crippen LogP contribution in [-0.4, -0.2) is 46.4 Å². The lowest BCUT2D eigenvalue weighted by atomic mass is 9.97. The fourth-order valence-electron chi connectivity index (χ4n) is 3.62. The predicted octanol–water partition coefficient (Wildman–Crippen LogP) is 5.14. The number of aromatic nitrogens is 2. The first-order valence-corrected chi connectivity index (χ1v) is 10.8. The minimum atomic E-state index is -0.304. The number of nitrogens with zero attached hydrogens (tertiary/aromatic N) is 3. The molecule has 7 heteroatoms. The van der Waals surface area contributed by atoms with E-state index in [1.54, 1.807) is 30.3 Å². The highest BCUT2D eigenvalue weighted by Crippen LogP contribution is 2.30. The molecule has 1 fully saturated rings. The van der Waals surface area contributed by atoms with E-state index in [0.29, 0.717) is 17.9 Å². The minimum Gasteiger partial charge on any atom is -0.508 e. The number of aldehydes is 1. The third-order valence-corrected chi connectivity index (χ3v) is 5.14. The van der Waals surface area contributed by atoms with Crippen LogP contribution in [0.4, 0.5) is 15.9 Å². The fourth-order valence-corrected chi connectivity index (χ4v) is 3.62. The van der Waals surface area contributed by atoms with Crippen molar-refractivity contribution < 1.29 is 14.3 Å². The van der Waals surface area contributed by atoms with Crippen molar-refractivity contribution in [1.82, 2.24) is 14.9 Å². The number of carbonyl (C=O) groups is 1. The summed E-state index contributed by atoms with van der Waals surface area (Å²) in [6.07, 6.45) is 3.65. The Kier molecular flexibility index (Phi) is 8.27. The van der Waals surface area contributed by atoms with Crippen LogP contribution in [0.3, 0.4) is 0 Å². The molecule has 0 saturated carbocycles. The lowest BCUT2D eigenvalue weighted by Gasteiger charge is -2.29. The number of piperidine rings is 1. The average Bonchev–Trinajstić information content (AvgIpc) is 2.79.